The number of allylic oxidation sites excluding steroid dienone is 8. The average molecular weight is 359 g/mol. The Labute approximate surface area is 156 Å². The van der Waals surface area contributed by atoms with E-state index in [1.807, 2.05) is 7.11 Å². The molecule has 0 fully saturated rings. The van der Waals surface area contributed by atoms with Crippen molar-refractivity contribution in [3.05, 3.63) is 43.8 Å². The summed E-state index contributed by atoms with van der Waals surface area (Å²) in [5.41, 5.74) is 9.60. The maximum absolute atomic E-state index is 5.42. The number of rotatable bonds is 6. The molecule has 0 heterocycles. The van der Waals surface area contributed by atoms with Gasteiger partial charge in [-0.15, -0.1) is 0 Å². The van der Waals surface area contributed by atoms with Crippen molar-refractivity contribution >= 4 is 8.07 Å². The van der Waals surface area contributed by atoms with E-state index in [9.17, 15) is 0 Å². The van der Waals surface area contributed by atoms with Crippen LogP contribution in [0.1, 0.15) is 61.8 Å². The third-order valence-corrected chi connectivity index (χ3v) is 12.5. The fraction of sp³-hybridized carbons (Fsp3) is 0.652. The molecule has 140 valence electrons. The fourth-order valence-corrected chi connectivity index (χ4v) is 11.2. The second-order valence-corrected chi connectivity index (χ2v) is 12.8. The van der Waals surface area contributed by atoms with Gasteiger partial charge in [0.05, 0.1) is 0 Å². The molecule has 0 N–H and O–H groups in total. The Balaban J connectivity index is 2.66. The highest BCUT2D eigenvalue weighted by Crippen LogP contribution is 2.50. The van der Waals surface area contributed by atoms with Crippen LogP contribution in [0.2, 0.25) is 12.6 Å². The molecule has 0 radical (unpaired) electrons. The highest BCUT2D eigenvalue weighted by atomic mass is 28.3. The molecule has 0 saturated heterocycles. The van der Waals surface area contributed by atoms with Crippen LogP contribution in [0.4, 0.5) is 0 Å². The standard InChI is InChI=1S/C23H38OSi/c1-14-15(2)19(6)22(18(14)5)25(10,13-11-12-24-9)23-20(7)16(3)17(4)21(23)8/h14,16H,11-13H2,1-10H3. The summed E-state index contributed by atoms with van der Waals surface area (Å²) >= 11 is 0. The molecule has 2 rings (SSSR count). The van der Waals surface area contributed by atoms with E-state index in [0.717, 1.165) is 13.0 Å². The van der Waals surface area contributed by atoms with E-state index < -0.39 is 8.07 Å². The van der Waals surface area contributed by atoms with E-state index in [1.54, 1.807) is 43.8 Å². The van der Waals surface area contributed by atoms with Crippen LogP contribution in [0.25, 0.3) is 0 Å². The van der Waals surface area contributed by atoms with E-state index in [1.165, 1.54) is 6.04 Å². The maximum atomic E-state index is 5.42. The van der Waals surface area contributed by atoms with Gasteiger partial charge in [-0.3, -0.25) is 0 Å². The van der Waals surface area contributed by atoms with Crippen LogP contribution in [0.3, 0.4) is 0 Å². The lowest BCUT2D eigenvalue weighted by atomic mass is 10.0. The molecule has 2 unspecified atom stereocenters. The van der Waals surface area contributed by atoms with Gasteiger partial charge in [-0.25, -0.2) is 0 Å². The maximum Gasteiger partial charge on any atom is 0.115 e. The normalized spacial score (nSPS) is 27.1. The summed E-state index contributed by atoms with van der Waals surface area (Å²) in [4.78, 5) is 0. The van der Waals surface area contributed by atoms with Crippen molar-refractivity contribution in [1.82, 2.24) is 0 Å². The minimum atomic E-state index is -1.78. The van der Waals surface area contributed by atoms with E-state index >= 15 is 0 Å². The van der Waals surface area contributed by atoms with Crippen molar-refractivity contribution in [2.75, 3.05) is 13.7 Å². The zero-order valence-corrected chi connectivity index (χ0v) is 19.2. The fourth-order valence-electron chi connectivity index (χ4n) is 5.36. The first-order valence-electron chi connectivity index (χ1n) is 9.86. The number of ether oxygens (including phenoxy) is 1. The predicted octanol–water partition coefficient (Wildman–Crippen LogP) is 6.79. The van der Waals surface area contributed by atoms with Gasteiger partial charge in [0.1, 0.15) is 8.07 Å². The molecule has 0 saturated carbocycles. The zero-order chi connectivity index (χ0) is 19.1. The average Bonchev–Trinajstić information content (AvgIpc) is 2.88. The summed E-state index contributed by atoms with van der Waals surface area (Å²) in [6, 6.07) is 1.29. The molecule has 0 amide bonds. The van der Waals surface area contributed by atoms with Gasteiger partial charge in [0.15, 0.2) is 0 Å². The van der Waals surface area contributed by atoms with Crippen LogP contribution in [0.5, 0.6) is 0 Å². The van der Waals surface area contributed by atoms with Crippen LogP contribution in [0, 0.1) is 11.8 Å². The summed E-state index contributed by atoms with van der Waals surface area (Å²) in [6.07, 6.45) is 1.16. The van der Waals surface area contributed by atoms with Crippen LogP contribution < -0.4 is 0 Å². The quantitative estimate of drug-likeness (QED) is 0.375. The third kappa shape index (κ3) is 3.17. The molecular weight excluding hydrogens is 320 g/mol. The summed E-state index contributed by atoms with van der Waals surface area (Å²) < 4.78 is 5.42. The molecule has 0 aromatic heterocycles. The Morgan fingerprint density at radius 2 is 1.16 bits per heavy atom. The Morgan fingerprint density at radius 1 is 0.760 bits per heavy atom. The topological polar surface area (TPSA) is 9.23 Å². The molecular formula is C23H38OSi. The van der Waals surface area contributed by atoms with Crippen molar-refractivity contribution in [1.29, 1.82) is 0 Å². The van der Waals surface area contributed by atoms with E-state index in [-0.39, 0.29) is 0 Å². The number of hydrogen-bond donors (Lipinski definition) is 0. The van der Waals surface area contributed by atoms with Crippen molar-refractivity contribution in [2.24, 2.45) is 11.8 Å². The van der Waals surface area contributed by atoms with Crippen molar-refractivity contribution in [2.45, 2.75) is 74.4 Å². The van der Waals surface area contributed by atoms with Gasteiger partial charge in [0.2, 0.25) is 0 Å². The first-order chi connectivity index (χ1) is 11.6. The summed E-state index contributed by atoms with van der Waals surface area (Å²) in [7, 11) is 0.0507. The highest BCUT2D eigenvalue weighted by Gasteiger charge is 2.44. The van der Waals surface area contributed by atoms with Crippen LogP contribution in [0.15, 0.2) is 43.8 Å². The van der Waals surface area contributed by atoms with Gasteiger partial charge in [-0.05, 0) is 65.8 Å². The largest absolute Gasteiger partial charge is 0.385 e. The van der Waals surface area contributed by atoms with Gasteiger partial charge >= 0.3 is 0 Å². The van der Waals surface area contributed by atoms with Crippen LogP contribution in [-0.4, -0.2) is 21.8 Å². The Kier molecular flexibility index (Phi) is 6.05. The van der Waals surface area contributed by atoms with Crippen molar-refractivity contribution in [3.8, 4) is 0 Å². The second-order valence-electron chi connectivity index (χ2n) is 8.60. The predicted molar refractivity (Wildman–Crippen MR) is 113 cm³/mol. The van der Waals surface area contributed by atoms with Gasteiger partial charge in [0.25, 0.3) is 0 Å². The van der Waals surface area contributed by atoms with Gasteiger partial charge < -0.3 is 4.74 Å². The molecule has 2 aliphatic carbocycles. The summed E-state index contributed by atoms with van der Waals surface area (Å²) in [6.45, 7) is 22.5. The van der Waals surface area contributed by atoms with Crippen LogP contribution in [-0.2, 0) is 4.74 Å². The lowest BCUT2D eigenvalue weighted by molar-refractivity contribution is 0.199. The molecule has 1 nitrogen and oxygen atoms in total. The summed E-state index contributed by atoms with van der Waals surface area (Å²) in [5.74, 6) is 1.21. The lowest BCUT2D eigenvalue weighted by Crippen LogP contribution is -2.38. The first-order valence-corrected chi connectivity index (χ1v) is 12.6. The number of hydrogen-bond acceptors (Lipinski definition) is 1. The molecule has 25 heavy (non-hydrogen) atoms. The Hall–Kier alpha value is -0.863. The van der Waals surface area contributed by atoms with Gasteiger partial charge in [-0.2, -0.15) is 0 Å². The SMILES string of the molecule is COCCC[Si](C)(C1=C(C)C(C)C(C)=C1C)C1=C(C)C(C)C(C)=C1C. The third-order valence-electron chi connectivity index (χ3n) is 7.45. The molecule has 0 spiro atoms. The second kappa shape index (κ2) is 7.40. The Morgan fingerprint density at radius 3 is 1.44 bits per heavy atom. The van der Waals surface area contributed by atoms with Gasteiger partial charge in [-0.1, -0.05) is 64.2 Å². The van der Waals surface area contributed by atoms with E-state index in [2.05, 4.69) is 61.9 Å². The summed E-state index contributed by atoms with van der Waals surface area (Å²) in [5, 5.41) is 3.48. The minimum absolute atomic E-state index is 0.606. The van der Waals surface area contributed by atoms with Gasteiger partial charge in [0, 0.05) is 13.7 Å². The molecule has 0 bridgehead atoms. The van der Waals surface area contributed by atoms with E-state index in [0.29, 0.717) is 11.8 Å². The molecule has 0 aromatic rings. The Bertz CT molecular complexity index is 635. The van der Waals surface area contributed by atoms with E-state index in [4.69, 9.17) is 4.74 Å². The molecule has 0 aromatic carbocycles. The smallest absolute Gasteiger partial charge is 0.115 e. The van der Waals surface area contributed by atoms with Crippen molar-refractivity contribution < 1.29 is 4.74 Å². The van der Waals surface area contributed by atoms with Crippen LogP contribution >= 0.6 is 0 Å². The van der Waals surface area contributed by atoms with Crippen molar-refractivity contribution in [3.63, 3.8) is 0 Å². The zero-order valence-electron chi connectivity index (χ0n) is 18.2. The monoisotopic (exact) mass is 358 g/mol. The molecule has 2 aliphatic rings. The molecule has 2 atom stereocenters. The highest BCUT2D eigenvalue weighted by molar-refractivity contribution is 6.93. The molecule has 0 aliphatic heterocycles. The minimum Gasteiger partial charge on any atom is -0.385 e. The lowest BCUT2D eigenvalue weighted by Gasteiger charge is -2.35. The number of methoxy groups -OCH3 is 1. The first kappa shape index (κ1) is 20.4. The molecule has 2 heteroatoms.